The first-order chi connectivity index (χ1) is 13.9. The van der Waals surface area contributed by atoms with Crippen LogP contribution in [0.1, 0.15) is 42.1 Å². The van der Waals surface area contributed by atoms with Gasteiger partial charge in [0.25, 0.3) is 5.91 Å². The van der Waals surface area contributed by atoms with Crippen LogP contribution in [0, 0.1) is 17.7 Å². The Bertz CT molecular complexity index is 933. The van der Waals surface area contributed by atoms with Crippen molar-refractivity contribution in [2.24, 2.45) is 11.8 Å². The molecule has 2 aromatic carbocycles. The molecule has 0 aromatic heterocycles. The second-order valence-corrected chi connectivity index (χ2v) is 8.09. The number of phenols is 1. The number of rotatable bonds is 5. The van der Waals surface area contributed by atoms with Gasteiger partial charge in [-0.3, -0.25) is 9.59 Å². The van der Waals surface area contributed by atoms with Gasteiger partial charge in [-0.2, -0.15) is 0 Å². The van der Waals surface area contributed by atoms with Crippen molar-refractivity contribution in [3.8, 4) is 5.75 Å². The van der Waals surface area contributed by atoms with Crippen molar-refractivity contribution >= 4 is 11.8 Å². The first-order valence-corrected chi connectivity index (χ1v) is 10.1. The van der Waals surface area contributed by atoms with E-state index in [1.807, 2.05) is 35.2 Å². The van der Waals surface area contributed by atoms with Crippen LogP contribution in [0.25, 0.3) is 0 Å². The maximum absolute atomic E-state index is 14.2. The number of halogens is 1. The Morgan fingerprint density at radius 1 is 1.24 bits per heavy atom. The molecule has 0 radical (unpaired) electrons. The van der Waals surface area contributed by atoms with Gasteiger partial charge in [-0.15, -0.1) is 0 Å². The lowest BCUT2D eigenvalue weighted by Gasteiger charge is -2.31. The van der Waals surface area contributed by atoms with Crippen molar-refractivity contribution in [1.82, 2.24) is 10.2 Å². The van der Waals surface area contributed by atoms with Gasteiger partial charge in [0.15, 0.2) is 0 Å². The number of benzene rings is 2. The first kappa shape index (κ1) is 19.4. The maximum Gasteiger partial charge on any atom is 0.255 e. The molecule has 1 heterocycles. The fraction of sp³-hybridized carbons (Fsp3) is 0.391. The average molecular weight is 396 g/mol. The molecule has 6 heteroatoms. The zero-order chi connectivity index (χ0) is 20.6. The Kier molecular flexibility index (Phi) is 5.03. The van der Waals surface area contributed by atoms with E-state index in [9.17, 15) is 19.1 Å². The van der Waals surface area contributed by atoms with E-state index >= 15 is 0 Å². The van der Waals surface area contributed by atoms with Gasteiger partial charge in [0.1, 0.15) is 11.6 Å². The van der Waals surface area contributed by atoms with Crippen molar-refractivity contribution in [3.63, 3.8) is 0 Å². The summed E-state index contributed by atoms with van der Waals surface area (Å²) in [5, 5.41) is 12.6. The minimum absolute atomic E-state index is 0.0887. The third-order valence-corrected chi connectivity index (χ3v) is 6.22. The number of carbonyl (C=O) groups is 2. The molecule has 2 fully saturated rings. The van der Waals surface area contributed by atoms with Crippen molar-refractivity contribution < 1.29 is 19.1 Å². The van der Waals surface area contributed by atoms with Crippen molar-refractivity contribution in [2.75, 3.05) is 13.1 Å². The minimum Gasteiger partial charge on any atom is -0.508 e. The second kappa shape index (κ2) is 7.50. The van der Waals surface area contributed by atoms with E-state index in [1.165, 1.54) is 6.07 Å². The number of amides is 2. The summed E-state index contributed by atoms with van der Waals surface area (Å²) in [6, 6.07) is 12.9. The van der Waals surface area contributed by atoms with E-state index in [-0.39, 0.29) is 23.1 Å². The average Bonchev–Trinajstić information content (AvgIpc) is 3.41. The van der Waals surface area contributed by atoms with Crippen LogP contribution in [0.15, 0.2) is 48.5 Å². The predicted molar refractivity (Wildman–Crippen MR) is 107 cm³/mol. The summed E-state index contributed by atoms with van der Waals surface area (Å²) in [5.41, 5.74) is -0.118. The zero-order valence-electron chi connectivity index (χ0n) is 16.4. The Hall–Kier alpha value is -2.89. The summed E-state index contributed by atoms with van der Waals surface area (Å²) in [6.45, 7) is 3.00. The molecule has 2 N–H and O–H groups in total. The minimum atomic E-state index is -0.789. The zero-order valence-corrected chi connectivity index (χ0v) is 16.4. The highest BCUT2D eigenvalue weighted by Gasteiger charge is 2.49. The normalized spacial score (nSPS) is 25.7. The lowest BCUT2D eigenvalue weighted by molar-refractivity contribution is -0.132. The van der Waals surface area contributed by atoms with Crippen LogP contribution < -0.4 is 5.32 Å². The van der Waals surface area contributed by atoms with Gasteiger partial charge in [-0.25, -0.2) is 4.39 Å². The van der Waals surface area contributed by atoms with Crippen molar-refractivity contribution in [3.05, 3.63) is 65.5 Å². The Balaban J connectivity index is 1.60. The molecule has 2 aliphatic rings. The van der Waals surface area contributed by atoms with Crippen LogP contribution in [0.2, 0.25) is 0 Å². The molecule has 0 bridgehead atoms. The van der Waals surface area contributed by atoms with Crippen molar-refractivity contribution in [1.29, 1.82) is 0 Å². The monoisotopic (exact) mass is 396 g/mol. The SMILES string of the molecule is CC[C@@H]1C[C@H]1C(=O)N1CCC(NC(=O)c2cc(O)ccc2F)(c2ccccc2)C1. The molecule has 5 nitrogen and oxygen atoms in total. The van der Waals surface area contributed by atoms with Gasteiger partial charge in [0, 0.05) is 19.0 Å². The highest BCUT2D eigenvalue weighted by molar-refractivity contribution is 5.95. The summed E-state index contributed by atoms with van der Waals surface area (Å²) < 4.78 is 14.2. The van der Waals surface area contributed by atoms with Crippen LogP contribution >= 0.6 is 0 Å². The molecular weight excluding hydrogens is 371 g/mol. The van der Waals surface area contributed by atoms with E-state index in [1.54, 1.807) is 0 Å². The molecule has 152 valence electrons. The topological polar surface area (TPSA) is 69.6 Å². The molecule has 1 aliphatic carbocycles. The van der Waals surface area contributed by atoms with E-state index < -0.39 is 17.3 Å². The molecule has 29 heavy (non-hydrogen) atoms. The smallest absolute Gasteiger partial charge is 0.255 e. The number of hydrogen-bond donors (Lipinski definition) is 2. The number of likely N-dealkylation sites (tertiary alicyclic amines) is 1. The van der Waals surface area contributed by atoms with Crippen LogP contribution in [0.4, 0.5) is 4.39 Å². The third kappa shape index (κ3) is 3.71. The summed E-state index contributed by atoms with van der Waals surface area (Å²) in [5.74, 6) is -0.774. The van der Waals surface area contributed by atoms with Crippen LogP contribution in [0.3, 0.4) is 0 Å². The lowest BCUT2D eigenvalue weighted by Crippen LogP contribution is -2.48. The summed E-state index contributed by atoms with van der Waals surface area (Å²) in [4.78, 5) is 27.6. The summed E-state index contributed by atoms with van der Waals surface area (Å²) >= 11 is 0. The molecule has 0 spiro atoms. The van der Waals surface area contributed by atoms with E-state index in [0.29, 0.717) is 25.4 Å². The quantitative estimate of drug-likeness (QED) is 0.814. The predicted octanol–water partition coefficient (Wildman–Crippen LogP) is 3.44. The molecule has 1 saturated heterocycles. The van der Waals surface area contributed by atoms with E-state index in [2.05, 4.69) is 12.2 Å². The first-order valence-electron chi connectivity index (χ1n) is 10.1. The Morgan fingerprint density at radius 3 is 2.69 bits per heavy atom. The fourth-order valence-electron chi connectivity index (χ4n) is 4.37. The van der Waals surface area contributed by atoms with Gasteiger partial charge in [-0.05, 0) is 42.5 Å². The molecular formula is C23H25FN2O3. The van der Waals surface area contributed by atoms with E-state index in [0.717, 1.165) is 30.5 Å². The maximum atomic E-state index is 14.2. The Labute approximate surface area is 169 Å². The highest BCUT2D eigenvalue weighted by atomic mass is 19.1. The van der Waals surface area contributed by atoms with E-state index in [4.69, 9.17) is 0 Å². The third-order valence-electron chi connectivity index (χ3n) is 6.22. The molecule has 2 amide bonds. The standard InChI is InChI=1S/C23H25FN2O3/c1-2-15-12-18(15)22(29)26-11-10-23(14-26,16-6-4-3-5-7-16)25-21(28)19-13-17(27)8-9-20(19)24/h3-9,13,15,18,27H,2,10-12,14H2,1H3,(H,25,28)/t15-,18-,23?/m1/s1. The number of phenolic OH excluding ortho intramolecular Hbond substituents is 1. The highest BCUT2D eigenvalue weighted by Crippen LogP contribution is 2.44. The molecule has 1 saturated carbocycles. The Morgan fingerprint density at radius 2 is 2.00 bits per heavy atom. The largest absolute Gasteiger partial charge is 0.508 e. The molecule has 1 unspecified atom stereocenters. The van der Waals surface area contributed by atoms with Gasteiger partial charge in [0.05, 0.1) is 11.1 Å². The van der Waals surface area contributed by atoms with Crippen LogP contribution in [-0.2, 0) is 10.3 Å². The van der Waals surface area contributed by atoms with Crippen LogP contribution in [0.5, 0.6) is 5.75 Å². The van der Waals surface area contributed by atoms with Crippen LogP contribution in [-0.4, -0.2) is 34.9 Å². The fourth-order valence-corrected chi connectivity index (χ4v) is 4.37. The second-order valence-electron chi connectivity index (χ2n) is 8.09. The molecule has 1 aliphatic heterocycles. The number of aromatic hydroxyl groups is 1. The molecule has 4 rings (SSSR count). The number of nitrogens with zero attached hydrogens (tertiary/aromatic N) is 1. The van der Waals surface area contributed by atoms with Gasteiger partial charge in [0.2, 0.25) is 5.91 Å². The summed E-state index contributed by atoms with van der Waals surface area (Å²) in [6.07, 6.45) is 2.49. The number of carbonyl (C=O) groups excluding carboxylic acids is 2. The van der Waals surface area contributed by atoms with Crippen molar-refractivity contribution in [2.45, 2.75) is 31.7 Å². The number of hydrogen-bond acceptors (Lipinski definition) is 3. The van der Waals surface area contributed by atoms with Gasteiger partial charge in [-0.1, -0.05) is 43.7 Å². The molecule has 3 atom stereocenters. The summed E-state index contributed by atoms with van der Waals surface area (Å²) in [7, 11) is 0. The molecule has 2 aromatic rings. The van der Waals surface area contributed by atoms with Gasteiger partial charge < -0.3 is 15.3 Å². The van der Waals surface area contributed by atoms with Gasteiger partial charge >= 0.3 is 0 Å². The lowest BCUT2D eigenvalue weighted by atomic mass is 9.88. The number of nitrogens with one attached hydrogen (secondary N) is 1.